The van der Waals surface area contributed by atoms with Crippen molar-refractivity contribution in [3.8, 4) is 0 Å². The van der Waals surface area contributed by atoms with E-state index < -0.39 is 37.0 Å². The molecule has 4 N–H and O–H groups in total. The van der Waals surface area contributed by atoms with Gasteiger partial charge >= 0.3 is 5.97 Å². The minimum atomic E-state index is -1.15. The van der Waals surface area contributed by atoms with Crippen LogP contribution in [0.3, 0.4) is 0 Å². The number of hydrogen-bond acceptors (Lipinski definition) is 7. The van der Waals surface area contributed by atoms with Crippen LogP contribution in [0.4, 0.5) is 0 Å². The summed E-state index contributed by atoms with van der Waals surface area (Å²) in [6.07, 6.45) is 11.4. The molecule has 7 nitrogen and oxygen atoms in total. The molecule has 1 unspecified atom stereocenters. The third-order valence-corrected chi connectivity index (χ3v) is 6.08. The number of unbranched alkanes of at least 4 members (excludes halogenated alkanes) is 10. The molecule has 0 spiro atoms. The van der Waals surface area contributed by atoms with Gasteiger partial charge in [-0.2, -0.15) is 0 Å². The van der Waals surface area contributed by atoms with Crippen LogP contribution in [0.25, 0.3) is 0 Å². The summed E-state index contributed by atoms with van der Waals surface area (Å²) in [6, 6.07) is 0. The van der Waals surface area contributed by atoms with Crippen molar-refractivity contribution < 1.29 is 34.7 Å². The summed E-state index contributed by atoms with van der Waals surface area (Å²) in [6.45, 7) is 1.72. The predicted octanol–water partition coefficient (Wildman–Crippen LogP) is 3.24. The van der Waals surface area contributed by atoms with Crippen LogP contribution in [0, 0.1) is 0 Å². The number of carbonyl (C=O) groups excluding carboxylic acids is 1. The Hall–Kier alpha value is -0.730. The lowest BCUT2D eigenvalue weighted by molar-refractivity contribution is -0.162. The zero-order valence-corrected chi connectivity index (χ0v) is 19.4. The monoisotopic (exact) mass is 446 g/mol. The van der Waals surface area contributed by atoms with E-state index in [-0.39, 0.29) is 19.1 Å². The molecule has 1 aliphatic heterocycles. The van der Waals surface area contributed by atoms with Crippen molar-refractivity contribution in [3.63, 3.8) is 0 Å². The zero-order chi connectivity index (χ0) is 22.9. The minimum Gasteiger partial charge on any atom is -0.457 e. The SMILES string of the molecule is CCCCCCC(O)CCCCCCCCCCC(=O)O[C@H](CO)[C@H]1OC[C@H](O)[C@H]1O. The predicted molar refractivity (Wildman–Crippen MR) is 120 cm³/mol. The van der Waals surface area contributed by atoms with Crippen LogP contribution in [0.1, 0.15) is 103 Å². The maximum Gasteiger partial charge on any atom is 0.306 e. The number of aliphatic hydroxyl groups excluding tert-OH is 4. The summed E-state index contributed by atoms with van der Waals surface area (Å²) >= 11 is 0. The van der Waals surface area contributed by atoms with Gasteiger partial charge in [0.05, 0.1) is 19.3 Å². The van der Waals surface area contributed by atoms with Crippen LogP contribution in [-0.2, 0) is 14.3 Å². The average Bonchev–Trinajstić information content (AvgIpc) is 3.09. The first kappa shape index (κ1) is 28.3. The molecule has 1 rings (SSSR count). The van der Waals surface area contributed by atoms with Crippen LogP contribution >= 0.6 is 0 Å². The Balaban J connectivity index is 1.94. The summed E-state index contributed by atoms with van der Waals surface area (Å²) < 4.78 is 10.4. The topological polar surface area (TPSA) is 116 Å². The molecule has 31 heavy (non-hydrogen) atoms. The first-order valence-corrected chi connectivity index (χ1v) is 12.5. The van der Waals surface area contributed by atoms with E-state index in [1.165, 1.54) is 38.5 Å². The van der Waals surface area contributed by atoms with E-state index in [0.29, 0.717) is 0 Å². The highest BCUT2D eigenvalue weighted by Crippen LogP contribution is 2.20. The fourth-order valence-corrected chi connectivity index (χ4v) is 4.05. The van der Waals surface area contributed by atoms with Gasteiger partial charge in [-0.3, -0.25) is 4.79 Å². The summed E-state index contributed by atoms with van der Waals surface area (Å²) in [5.41, 5.74) is 0. The van der Waals surface area contributed by atoms with Crippen LogP contribution in [0.15, 0.2) is 0 Å². The lowest BCUT2D eigenvalue weighted by Crippen LogP contribution is -2.43. The third kappa shape index (κ3) is 12.8. The number of hydrogen-bond donors (Lipinski definition) is 4. The Kier molecular flexibility index (Phi) is 16.2. The molecule has 0 amide bonds. The molecule has 0 aromatic heterocycles. The van der Waals surface area contributed by atoms with E-state index in [4.69, 9.17) is 9.47 Å². The molecule has 1 heterocycles. The van der Waals surface area contributed by atoms with E-state index in [0.717, 1.165) is 51.4 Å². The number of rotatable bonds is 19. The third-order valence-electron chi connectivity index (χ3n) is 6.08. The maximum atomic E-state index is 12.0. The summed E-state index contributed by atoms with van der Waals surface area (Å²) in [5.74, 6) is -0.413. The normalized spacial score (nSPS) is 23.1. The van der Waals surface area contributed by atoms with E-state index >= 15 is 0 Å². The Morgan fingerprint density at radius 2 is 1.48 bits per heavy atom. The molecule has 1 aliphatic rings. The van der Waals surface area contributed by atoms with Crippen molar-refractivity contribution in [3.05, 3.63) is 0 Å². The quantitative estimate of drug-likeness (QED) is 0.178. The Labute approximate surface area is 188 Å². The molecule has 0 saturated carbocycles. The maximum absolute atomic E-state index is 12.0. The standard InChI is InChI=1S/C24H46O7/c1-2-3-4-11-14-19(26)15-12-9-7-5-6-8-10-13-16-22(28)31-21(17-25)24-23(29)20(27)18-30-24/h19-21,23-27,29H,2-18H2,1H3/t19?,20-,21+,23+,24+/m0/s1. The summed E-state index contributed by atoms with van der Waals surface area (Å²) in [4.78, 5) is 12.0. The second kappa shape index (κ2) is 17.8. The van der Waals surface area contributed by atoms with E-state index in [2.05, 4.69) is 6.92 Å². The van der Waals surface area contributed by atoms with Crippen molar-refractivity contribution in [2.45, 2.75) is 134 Å². The van der Waals surface area contributed by atoms with Gasteiger partial charge in [-0.1, -0.05) is 77.6 Å². The summed E-state index contributed by atoms with van der Waals surface area (Å²) in [7, 11) is 0. The lowest BCUT2D eigenvalue weighted by Gasteiger charge is -2.24. The molecule has 184 valence electrons. The summed E-state index contributed by atoms with van der Waals surface area (Å²) in [5, 5.41) is 38.7. The zero-order valence-electron chi connectivity index (χ0n) is 19.4. The largest absolute Gasteiger partial charge is 0.457 e. The lowest BCUT2D eigenvalue weighted by atomic mass is 10.0. The van der Waals surface area contributed by atoms with Crippen LogP contribution < -0.4 is 0 Å². The van der Waals surface area contributed by atoms with Gasteiger partial charge in [-0.25, -0.2) is 0 Å². The number of aliphatic hydroxyl groups is 4. The Morgan fingerprint density at radius 3 is 2.00 bits per heavy atom. The van der Waals surface area contributed by atoms with Gasteiger partial charge in [0.15, 0.2) is 6.10 Å². The molecule has 7 heteroatoms. The van der Waals surface area contributed by atoms with Gasteiger partial charge in [-0.05, 0) is 19.3 Å². The van der Waals surface area contributed by atoms with Gasteiger partial charge < -0.3 is 29.9 Å². The van der Waals surface area contributed by atoms with Crippen molar-refractivity contribution in [1.29, 1.82) is 0 Å². The van der Waals surface area contributed by atoms with E-state index in [9.17, 15) is 25.2 Å². The van der Waals surface area contributed by atoms with Gasteiger partial charge in [0.25, 0.3) is 0 Å². The highest BCUT2D eigenvalue weighted by Gasteiger charge is 2.41. The molecule has 1 saturated heterocycles. The molecule has 0 aromatic rings. The second-order valence-electron chi connectivity index (χ2n) is 8.94. The average molecular weight is 447 g/mol. The second-order valence-corrected chi connectivity index (χ2v) is 8.94. The van der Waals surface area contributed by atoms with E-state index in [1.807, 2.05) is 0 Å². The van der Waals surface area contributed by atoms with Gasteiger partial charge in [0.2, 0.25) is 0 Å². The molecule has 0 bridgehead atoms. The fourth-order valence-electron chi connectivity index (χ4n) is 4.05. The smallest absolute Gasteiger partial charge is 0.306 e. The first-order chi connectivity index (χ1) is 15.0. The van der Waals surface area contributed by atoms with Crippen molar-refractivity contribution in [2.24, 2.45) is 0 Å². The molecule has 0 radical (unpaired) electrons. The highest BCUT2D eigenvalue weighted by molar-refractivity contribution is 5.69. The fraction of sp³-hybridized carbons (Fsp3) is 0.958. The number of ether oxygens (including phenoxy) is 2. The van der Waals surface area contributed by atoms with Crippen molar-refractivity contribution >= 4 is 5.97 Å². The molecule has 1 fully saturated rings. The van der Waals surface area contributed by atoms with E-state index in [1.54, 1.807) is 0 Å². The molecule has 5 atom stereocenters. The Morgan fingerprint density at radius 1 is 0.935 bits per heavy atom. The highest BCUT2D eigenvalue weighted by atomic mass is 16.6. The van der Waals surface area contributed by atoms with Gasteiger partial charge in [0, 0.05) is 6.42 Å². The molecule has 0 aliphatic carbocycles. The Bertz CT molecular complexity index is 446. The van der Waals surface area contributed by atoms with Crippen LogP contribution in [-0.4, -0.2) is 70.1 Å². The van der Waals surface area contributed by atoms with Crippen LogP contribution in [0.2, 0.25) is 0 Å². The van der Waals surface area contributed by atoms with Crippen molar-refractivity contribution in [2.75, 3.05) is 13.2 Å². The molecular weight excluding hydrogens is 400 g/mol. The number of esters is 1. The number of carbonyl (C=O) groups is 1. The molecule has 0 aromatic carbocycles. The van der Waals surface area contributed by atoms with Gasteiger partial charge in [0.1, 0.15) is 18.3 Å². The molecular formula is C24H46O7. The first-order valence-electron chi connectivity index (χ1n) is 12.5. The minimum absolute atomic E-state index is 0.0283. The van der Waals surface area contributed by atoms with Gasteiger partial charge in [-0.15, -0.1) is 0 Å². The van der Waals surface area contributed by atoms with Crippen LogP contribution in [0.5, 0.6) is 0 Å². The van der Waals surface area contributed by atoms with Crippen molar-refractivity contribution in [1.82, 2.24) is 0 Å².